The van der Waals surface area contributed by atoms with Crippen LogP contribution in [0.15, 0.2) is 0 Å². The minimum Gasteiger partial charge on any atom is -0.463 e. The lowest BCUT2D eigenvalue weighted by Gasteiger charge is -2.55. The van der Waals surface area contributed by atoms with E-state index >= 15 is 0 Å². The quantitative estimate of drug-likeness (QED) is 0.268. The van der Waals surface area contributed by atoms with E-state index in [1.54, 1.807) is 13.8 Å². The van der Waals surface area contributed by atoms with E-state index in [1.807, 2.05) is 20.8 Å². The van der Waals surface area contributed by atoms with Gasteiger partial charge in [-0.15, -0.1) is 0 Å². The molecule has 4 bridgehead atoms. The van der Waals surface area contributed by atoms with E-state index in [-0.39, 0.29) is 36.8 Å². The Morgan fingerprint density at radius 2 is 1.69 bits per heavy atom. The van der Waals surface area contributed by atoms with Gasteiger partial charge in [-0.3, -0.25) is 4.79 Å². The molecule has 5 atom stereocenters. The molecule has 206 valence electrons. The maximum atomic E-state index is 13.0. The molecule has 4 saturated carbocycles. The summed E-state index contributed by atoms with van der Waals surface area (Å²) in [6.07, 6.45) is 5.00. The Hall–Kier alpha value is -0.810. The zero-order chi connectivity index (χ0) is 25.7. The Morgan fingerprint density at radius 1 is 1.06 bits per heavy atom. The van der Waals surface area contributed by atoms with Gasteiger partial charge in [-0.25, -0.2) is 0 Å². The number of hydrogen-bond acceptors (Lipinski definition) is 9. The molecule has 0 spiro atoms. The summed E-state index contributed by atoms with van der Waals surface area (Å²) in [4.78, 5) is 13.0. The van der Waals surface area contributed by atoms with Crippen molar-refractivity contribution in [1.29, 1.82) is 0 Å². The molecule has 0 aromatic rings. The molecule has 2 saturated heterocycles. The molecule has 36 heavy (non-hydrogen) atoms. The molecule has 0 aromatic heterocycles. The van der Waals surface area contributed by atoms with Gasteiger partial charge in [0.05, 0.1) is 24.7 Å². The van der Waals surface area contributed by atoms with E-state index in [2.05, 4.69) is 0 Å². The molecule has 9 nitrogen and oxygen atoms in total. The number of ether oxygens (including phenoxy) is 7. The van der Waals surface area contributed by atoms with Crippen LogP contribution in [0.4, 0.5) is 0 Å². The summed E-state index contributed by atoms with van der Waals surface area (Å²) in [7, 11) is 0. The number of hydrogen-bond donors (Lipinski definition) is 1. The van der Waals surface area contributed by atoms with Crippen molar-refractivity contribution < 1.29 is 43.1 Å². The van der Waals surface area contributed by atoms with Crippen LogP contribution in [0.3, 0.4) is 0 Å². The number of rotatable bonds is 10. The Bertz CT molecular complexity index is 755. The van der Waals surface area contributed by atoms with E-state index in [1.165, 1.54) is 19.3 Å². The Morgan fingerprint density at radius 3 is 2.25 bits per heavy atom. The molecule has 2 aliphatic heterocycles. The fraction of sp³-hybridized carbons (Fsp3) is 0.963. The van der Waals surface area contributed by atoms with Gasteiger partial charge in [0.25, 0.3) is 0 Å². The van der Waals surface area contributed by atoms with Crippen LogP contribution in [-0.4, -0.2) is 73.4 Å². The zero-order valence-electron chi connectivity index (χ0n) is 22.4. The highest BCUT2D eigenvalue weighted by molar-refractivity contribution is 5.77. The highest BCUT2D eigenvalue weighted by atomic mass is 16.8. The first-order valence-electron chi connectivity index (χ1n) is 13.7. The van der Waals surface area contributed by atoms with E-state index in [0.717, 1.165) is 19.3 Å². The molecular formula is C27H44O9. The lowest BCUT2D eigenvalue weighted by molar-refractivity contribution is -0.275. The lowest BCUT2D eigenvalue weighted by atomic mass is 9.49. The third-order valence-corrected chi connectivity index (χ3v) is 8.42. The summed E-state index contributed by atoms with van der Waals surface area (Å²) in [5, 5.41) is 10.1. The van der Waals surface area contributed by atoms with Gasteiger partial charge in [0, 0.05) is 6.42 Å². The van der Waals surface area contributed by atoms with Gasteiger partial charge in [-0.1, -0.05) is 0 Å². The molecule has 0 amide bonds. The fourth-order valence-corrected chi connectivity index (χ4v) is 7.52. The van der Waals surface area contributed by atoms with Crippen LogP contribution >= 0.6 is 0 Å². The predicted octanol–water partition coefficient (Wildman–Crippen LogP) is 3.51. The van der Waals surface area contributed by atoms with Crippen molar-refractivity contribution in [3.63, 3.8) is 0 Å². The van der Waals surface area contributed by atoms with Crippen LogP contribution in [0.1, 0.15) is 79.6 Å². The van der Waals surface area contributed by atoms with Crippen molar-refractivity contribution in [2.45, 2.75) is 122 Å². The average molecular weight is 513 g/mol. The molecule has 6 aliphatic rings. The summed E-state index contributed by atoms with van der Waals surface area (Å²) in [5.41, 5.74) is -0.252. The minimum absolute atomic E-state index is 0.0318. The van der Waals surface area contributed by atoms with Gasteiger partial charge in [-0.2, -0.15) is 0 Å². The van der Waals surface area contributed by atoms with Crippen molar-refractivity contribution in [3.8, 4) is 0 Å². The van der Waals surface area contributed by atoms with Crippen LogP contribution in [0.2, 0.25) is 0 Å². The van der Waals surface area contributed by atoms with Crippen LogP contribution in [0.5, 0.6) is 0 Å². The van der Waals surface area contributed by atoms with Gasteiger partial charge >= 0.3 is 5.97 Å². The standard InChI is InChI=1S/C27H44O9/c1-16(30-6-7-31-24(28)27-12-17-8-18(13-27)10-19(9-17)14-27)33-20-11-22(36-25(2,3)29)34-23(20)21-15-32-26(4,5)35-21/h16-23,29H,6-15H2,1-5H3/t16?,17?,18?,19?,20-,21?,22-,23+,27?/m1/s1. The smallest absolute Gasteiger partial charge is 0.312 e. The topological polar surface area (TPSA) is 102 Å². The summed E-state index contributed by atoms with van der Waals surface area (Å²) >= 11 is 0. The second kappa shape index (κ2) is 10.1. The summed E-state index contributed by atoms with van der Waals surface area (Å²) < 4.78 is 41.2. The molecular weight excluding hydrogens is 468 g/mol. The largest absolute Gasteiger partial charge is 0.463 e. The van der Waals surface area contributed by atoms with Crippen molar-refractivity contribution in [2.24, 2.45) is 23.2 Å². The summed E-state index contributed by atoms with van der Waals surface area (Å²) in [6.45, 7) is 9.52. The first kappa shape index (κ1) is 26.8. The van der Waals surface area contributed by atoms with Gasteiger partial charge in [0.15, 0.2) is 24.2 Å². The lowest BCUT2D eigenvalue weighted by Crippen LogP contribution is -2.50. The van der Waals surface area contributed by atoms with Crippen molar-refractivity contribution in [3.05, 3.63) is 0 Å². The highest BCUT2D eigenvalue weighted by Gasteiger charge is 2.55. The van der Waals surface area contributed by atoms with Gasteiger partial charge in [0.2, 0.25) is 0 Å². The van der Waals surface area contributed by atoms with Crippen LogP contribution < -0.4 is 0 Å². The predicted molar refractivity (Wildman–Crippen MR) is 127 cm³/mol. The second-order valence-corrected chi connectivity index (χ2v) is 12.6. The Labute approximate surface area is 214 Å². The minimum atomic E-state index is -1.33. The molecule has 6 rings (SSSR count). The van der Waals surface area contributed by atoms with Crippen molar-refractivity contribution in [1.82, 2.24) is 0 Å². The first-order chi connectivity index (χ1) is 16.9. The maximum Gasteiger partial charge on any atom is 0.312 e. The third kappa shape index (κ3) is 6.08. The SMILES string of the molecule is CC(OCCOC(=O)C12CC3CC(CC(C3)C1)C2)O[C@@H]1C[C@@H](OC(C)(C)O)O[C@@H]1C1COC(C)(C)O1. The number of aliphatic hydroxyl groups is 1. The Balaban J connectivity index is 1.09. The third-order valence-electron chi connectivity index (χ3n) is 8.42. The van der Waals surface area contributed by atoms with Crippen LogP contribution in [-0.2, 0) is 38.0 Å². The average Bonchev–Trinajstić information content (AvgIpc) is 3.30. The van der Waals surface area contributed by atoms with Gasteiger partial charge in [-0.05, 0) is 90.9 Å². The number of esters is 1. The molecule has 1 N–H and O–H groups in total. The van der Waals surface area contributed by atoms with E-state index in [0.29, 0.717) is 30.8 Å². The normalized spacial score (nSPS) is 42.1. The molecule has 0 radical (unpaired) electrons. The molecule has 2 unspecified atom stereocenters. The molecule has 0 aromatic carbocycles. The van der Waals surface area contributed by atoms with Crippen molar-refractivity contribution in [2.75, 3.05) is 19.8 Å². The van der Waals surface area contributed by atoms with Crippen LogP contribution in [0, 0.1) is 23.2 Å². The molecule has 6 fully saturated rings. The number of carbonyl (C=O) groups excluding carboxylic acids is 1. The van der Waals surface area contributed by atoms with E-state index < -0.39 is 30.3 Å². The molecule has 4 aliphatic carbocycles. The van der Waals surface area contributed by atoms with Gasteiger partial charge in [0.1, 0.15) is 18.8 Å². The summed E-state index contributed by atoms with van der Waals surface area (Å²) in [5.74, 6) is 0.0585. The zero-order valence-corrected chi connectivity index (χ0v) is 22.4. The maximum absolute atomic E-state index is 13.0. The Kier molecular flexibility index (Phi) is 7.48. The summed E-state index contributed by atoms with van der Waals surface area (Å²) in [6, 6.07) is 0. The van der Waals surface area contributed by atoms with E-state index in [4.69, 9.17) is 33.2 Å². The van der Waals surface area contributed by atoms with Crippen LogP contribution in [0.25, 0.3) is 0 Å². The van der Waals surface area contributed by atoms with Gasteiger partial charge < -0.3 is 38.3 Å². The molecule has 9 heteroatoms. The second-order valence-electron chi connectivity index (χ2n) is 12.6. The monoisotopic (exact) mass is 512 g/mol. The first-order valence-corrected chi connectivity index (χ1v) is 13.7. The highest BCUT2D eigenvalue weighted by Crippen LogP contribution is 2.60. The van der Waals surface area contributed by atoms with E-state index in [9.17, 15) is 9.90 Å². The van der Waals surface area contributed by atoms with Crippen molar-refractivity contribution >= 4 is 5.97 Å². The fourth-order valence-electron chi connectivity index (χ4n) is 7.52. The number of carbonyl (C=O) groups is 1. The molecule has 2 heterocycles.